The molecular weight excluding hydrogens is 823 g/mol. The zero-order valence-electron chi connectivity index (χ0n) is 36.4. The van der Waals surface area contributed by atoms with Crippen LogP contribution in [0.15, 0.2) is 65.8 Å². The fourth-order valence-corrected chi connectivity index (χ4v) is 8.10. The number of para-hydroxylation sites is 1. The van der Waals surface area contributed by atoms with Crippen LogP contribution < -0.4 is 43.8 Å². The van der Waals surface area contributed by atoms with Crippen molar-refractivity contribution in [1.82, 2.24) is 36.5 Å². The van der Waals surface area contributed by atoms with Crippen molar-refractivity contribution < 1.29 is 38.7 Å². The number of aliphatic hydroxyl groups is 1. The highest BCUT2D eigenvalue weighted by Crippen LogP contribution is 2.24. The van der Waals surface area contributed by atoms with E-state index in [1.54, 1.807) is 43.5 Å². The van der Waals surface area contributed by atoms with Crippen molar-refractivity contribution in [2.45, 2.75) is 114 Å². The van der Waals surface area contributed by atoms with Gasteiger partial charge in [0.1, 0.15) is 36.0 Å². The second-order valence-corrected chi connectivity index (χ2v) is 16.7. The van der Waals surface area contributed by atoms with Gasteiger partial charge in [-0.2, -0.15) is 0 Å². The maximum atomic E-state index is 14.4. The average molecular weight is 886 g/mol. The normalized spacial score (nSPS) is 25.4. The van der Waals surface area contributed by atoms with Gasteiger partial charge in [0, 0.05) is 74.8 Å². The maximum Gasteiger partial charge on any atom is 0.243 e. The predicted molar refractivity (Wildman–Crippen MR) is 240 cm³/mol. The Morgan fingerprint density at radius 2 is 1.45 bits per heavy atom. The van der Waals surface area contributed by atoms with Crippen LogP contribution in [0, 0.1) is 5.92 Å². The third kappa shape index (κ3) is 14.3. The number of aliphatic imine (C=N–C) groups is 1. The van der Waals surface area contributed by atoms with Gasteiger partial charge in [-0.15, -0.1) is 0 Å². The number of guanidine groups is 1. The van der Waals surface area contributed by atoms with Crippen molar-refractivity contribution in [3.8, 4) is 0 Å². The van der Waals surface area contributed by atoms with Crippen LogP contribution in [-0.4, -0.2) is 125 Å². The Bertz CT molecular complexity index is 2120. The quantitative estimate of drug-likeness (QED) is 0.0745. The molecule has 3 heterocycles. The molecule has 2 saturated heterocycles. The number of rotatable bonds is 9. The van der Waals surface area contributed by atoms with Crippen LogP contribution >= 0.6 is 0 Å². The van der Waals surface area contributed by atoms with Gasteiger partial charge in [0.25, 0.3) is 0 Å². The molecule has 0 spiro atoms. The number of aliphatic hydroxyl groups excluding tert-OH is 1. The van der Waals surface area contributed by atoms with Gasteiger partial charge >= 0.3 is 0 Å². The lowest BCUT2D eigenvalue weighted by Gasteiger charge is -2.29. The number of ketones is 1. The minimum atomic E-state index is -1.27. The zero-order chi connectivity index (χ0) is 46.2. The van der Waals surface area contributed by atoms with Gasteiger partial charge < -0.3 is 58.8 Å². The second-order valence-electron chi connectivity index (χ2n) is 16.7. The molecule has 2 unspecified atom stereocenters. The number of fused-ring (bicyclic) bond motifs is 2. The third-order valence-electron chi connectivity index (χ3n) is 11.7. The van der Waals surface area contributed by atoms with E-state index in [1.807, 2.05) is 24.3 Å². The summed E-state index contributed by atoms with van der Waals surface area (Å²) >= 11 is 0. The molecule has 19 nitrogen and oxygen atoms in total. The smallest absolute Gasteiger partial charge is 0.243 e. The molecule has 13 N–H and O–H groups in total. The Morgan fingerprint density at radius 1 is 0.781 bits per heavy atom. The van der Waals surface area contributed by atoms with Crippen molar-refractivity contribution in [3.63, 3.8) is 0 Å². The number of nitrogens with two attached hydrogens (primary N) is 3. The van der Waals surface area contributed by atoms with E-state index in [2.05, 4.69) is 36.6 Å². The number of H-pyrrole nitrogens is 1. The highest BCUT2D eigenvalue weighted by Gasteiger charge is 2.41. The molecule has 7 atom stereocenters. The fourth-order valence-electron chi connectivity index (χ4n) is 8.10. The van der Waals surface area contributed by atoms with Crippen molar-refractivity contribution in [1.29, 1.82) is 0 Å². The Hall–Kier alpha value is -6.34. The monoisotopic (exact) mass is 885 g/mol. The number of benzene rings is 2. The van der Waals surface area contributed by atoms with Crippen molar-refractivity contribution >= 4 is 58.1 Å². The van der Waals surface area contributed by atoms with E-state index in [1.165, 1.54) is 4.90 Å². The van der Waals surface area contributed by atoms with E-state index in [9.17, 15) is 38.7 Å². The number of aromatic nitrogens is 1. The standard InChI is InChI=1S/C45H63N11O8/c1-27-16-17-30(57)18-21-49-19-8-7-14-34(39(46)59)52-42(62)37(23-29-25-51-33-13-6-5-12-32(29)33)54-40(60)35(15-9-20-50-45(47)48)53-41(61)36(22-28-10-3-2-4-11-28)55-43(63)38-24-31(58)26-56(38)44(27)64/h2-6,10-13,25,27,31,34-38,49,51,58H,7-9,14-24,26H2,1H3,(H2,46,59)(H,52,62)(H,53,61)(H,54,60)(H,55,63)(H4,47,48,50)/t27?,31-,34+,35?,36-,37+,38+/m1/s1. The Kier molecular flexibility index (Phi) is 18.2. The van der Waals surface area contributed by atoms with Crippen LogP contribution in [0.2, 0.25) is 0 Å². The summed E-state index contributed by atoms with van der Waals surface area (Å²) in [4.78, 5) is 105. The van der Waals surface area contributed by atoms with E-state index in [0.29, 0.717) is 37.1 Å². The minimum absolute atomic E-state index is 0.00184. The molecule has 0 aliphatic carbocycles. The molecule has 0 saturated carbocycles. The molecule has 2 aromatic carbocycles. The first kappa shape index (κ1) is 48.7. The SMILES string of the molecule is CC1CCC(=O)CCNCCCC[C@@H](C(N)=O)NC(=O)[C@H](Cc2c[nH]c3ccccc23)NC(=O)C(CCCN=C(N)N)NC(=O)[C@@H](Cc2ccccc2)NC(=O)[C@@H]2C[C@@H](O)CN2C1=O. The zero-order valence-corrected chi connectivity index (χ0v) is 36.4. The number of nitrogens with one attached hydrogen (secondary N) is 6. The summed E-state index contributed by atoms with van der Waals surface area (Å²) in [5.41, 5.74) is 19.1. The van der Waals surface area contributed by atoms with Gasteiger partial charge in [0.05, 0.1) is 6.10 Å². The molecule has 2 aliphatic heterocycles. The molecular formula is C45H63N11O8. The van der Waals surface area contributed by atoms with Gasteiger partial charge in [-0.3, -0.25) is 38.6 Å². The van der Waals surface area contributed by atoms with Crippen LogP contribution in [0.25, 0.3) is 10.9 Å². The van der Waals surface area contributed by atoms with Crippen LogP contribution in [-0.2, 0) is 46.4 Å². The van der Waals surface area contributed by atoms with E-state index < -0.39 is 77.7 Å². The predicted octanol–water partition coefficient (Wildman–Crippen LogP) is -0.458. The van der Waals surface area contributed by atoms with Crippen LogP contribution in [0.1, 0.15) is 75.8 Å². The number of Topliss-reactive ketones (excluding diaryl/α,β-unsaturated/α-hetero) is 1. The van der Waals surface area contributed by atoms with Gasteiger partial charge in [0.2, 0.25) is 35.4 Å². The highest BCUT2D eigenvalue weighted by molar-refractivity contribution is 5.97. The van der Waals surface area contributed by atoms with Crippen LogP contribution in [0.3, 0.4) is 0 Å². The lowest BCUT2D eigenvalue weighted by Crippen LogP contribution is -2.59. The van der Waals surface area contributed by atoms with Crippen molar-refractivity contribution in [2.75, 3.05) is 26.2 Å². The van der Waals surface area contributed by atoms with Gasteiger partial charge in [0.15, 0.2) is 5.96 Å². The van der Waals surface area contributed by atoms with Crippen molar-refractivity contribution in [3.05, 3.63) is 71.9 Å². The Balaban J connectivity index is 1.48. The second kappa shape index (κ2) is 23.9. The fraction of sp³-hybridized carbons (Fsp3) is 0.511. The summed E-state index contributed by atoms with van der Waals surface area (Å²) in [7, 11) is 0. The largest absolute Gasteiger partial charge is 0.391 e. The van der Waals surface area contributed by atoms with Crippen molar-refractivity contribution in [2.24, 2.45) is 28.1 Å². The number of carbonyl (C=O) groups is 7. The maximum absolute atomic E-state index is 14.4. The molecule has 0 bridgehead atoms. The first-order valence-electron chi connectivity index (χ1n) is 22.1. The number of hydrogen-bond acceptors (Lipinski definition) is 10. The highest BCUT2D eigenvalue weighted by atomic mass is 16.3. The van der Waals surface area contributed by atoms with E-state index >= 15 is 0 Å². The van der Waals surface area contributed by atoms with E-state index in [-0.39, 0.29) is 82.6 Å². The summed E-state index contributed by atoms with van der Waals surface area (Å²) in [6, 6.07) is 10.4. The van der Waals surface area contributed by atoms with E-state index in [0.717, 1.165) is 10.9 Å². The molecule has 0 radical (unpaired) electrons. The third-order valence-corrected chi connectivity index (χ3v) is 11.7. The summed E-state index contributed by atoms with van der Waals surface area (Å²) in [5.74, 6) is -4.79. The lowest BCUT2D eigenvalue weighted by molar-refractivity contribution is -0.142. The molecule has 5 rings (SSSR count). The molecule has 3 aromatic rings. The van der Waals surface area contributed by atoms with E-state index in [4.69, 9.17) is 17.2 Å². The summed E-state index contributed by atoms with van der Waals surface area (Å²) in [6.07, 6.45) is 2.85. The average Bonchev–Trinajstić information content (AvgIpc) is 3.87. The number of hydrogen-bond donors (Lipinski definition) is 10. The van der Waals surface area contributed by atoms with Crippen LogP contribution in [0.4, 0.5) is 0 Å². The summed E-state index contributed by atoms with van der Waals surface area (Å²) < 4.78 is 0. The number of amides is 6. The molecule has 19 heteroatoms. The lowest BCUT2D eigenvalue weighted by atomic mass is 10.00. The first-order valence-corrected chi connectivity index (χ1v) is 22.1. The number of primary amides is 1. The molecule has 346 valence electrons. The van der Waals surface area contributed by atoms with Crippen LogP contribution in [0.5, 0.6) is 0 Å². The summed E-state index contributed by atoms with van der Waals surface area (Å²) in [5, 5.41) is 25.9. The first-order chi connectivity index (χ1) is 30.7. The number of nitrogens with zero attached hydrogens (tertiary/aromatic N) is 2. The molecule has 6 amide bonds. The Morgan fingerprint density at radius 3 is 2.20 bits per heavy atom. The minimum Gasteiger partial charge on any atom is -0.391 e. The molecule has 2 fully saturated rings. The summed E-state index contributed by atoms with van der Waals surface area (Å²) in [6.45, 7) is 2.63. The van der Waals surface area contributed by atoms with Gasteiger partial charge in [-0.25, -0.2) is 0 Å². The Labute approximate surface area is 372 Å². The molecule has 2 aliphatic rings. The van der Waals surface area contributed by atoms with Gasteiger partial charge in [-0.1, -0.05) is 55.5 Å². The number of carbonyl (C=O) groups excluding carboxylic acids is 7. The molecule has 64 heavy (non-hydrogen) atoms. The molecule has 1 aromatic heterocycles. The van der Waals surface area contributed by atoms with Gasteiger partial charge in [-0.05, 0) is 62.3 Å². The number of aromatic amines is 1. The topological polar surface area (TPSA) is 309 Å².